The Morgan fingerprint density at radius 2 is 1.89 bits per heavy atom. The number of rotatable bonds is 4. The van der Waals surface area contributed by atoms with E-state index < -0.39 is 10.1 Å². The van der Waals surface area contributed by atoms with Crippen molar-refractivity contribution in [2.24, 2.45) is 15.9 Å². The van der Waals surface area contributed by atoms with Crippen molar-refractivity contribution in [3.63, 3.8) is 0 Å². The zero-order valence-corrected chi connectivity index (χ0v) is 16.9. The van der Waals surface area contributed by atoms with E-state index >= 15 is 0 Å². The van der Waals surface area contributed by atoms with Gasteiger partial charge in [-0.3, -0.25) is 9.76 Å². The van der Waals surface area contributed by atoms with Crippen molar-refractivity contribution in [3.05, 3.63) is 58.1 Å². The molecule has 0 aliphatic heterocycles. The number of methoxy groups -OCH3 is 1. The molecule has 0 amide bonds. The van der Waals surface area contributed by atoms with Crippen LogP contribution in [0.4, 0.5) is 0 Å². The number of guanidine groups is 1. The second-order valence-electron chi connectivity index (χ2n) is 5.02. The molecule has 0 saturated heterocycles. The second-order valence-corrected chi connectivity index (χ2v) is 7.30. The third-order valence-corrected chi connectivity index (χ3v) is 4.47. The molecule has 0 radical (unpaired) electrons. The highest BCUT2D eigenvalue weighted by atomic mass is 79.9. The van der Waals surface area contributed by atoms with Crippen molar-refractivity contribution in [1.29, 1.82) is 0 Å². The van der Waals surface area contributed by atoms with Gasteiger partial charge in [0, 0.05) is 0 Å². The highest BCUT2D eigenvalue weighted by Crippen LogP contribution is 2.24. The van der Waals surface area contributed by atoms with Crippen LogP contribution in [0.25, 0.3) is 0 Å². The van der Waals surface area contributed by atoms with E-state index in [0.717, 1.165) is 21.3 Å². The SMILES string of the molecule is COc1ccc(/C=N/N=C(\N)NO)cc1Br.Cc1ccc(S(=O)(=O)O)cc1. The maximum Gasteiger partial charge on any atom is 0.294 e. The van der Waals surface area contributed by atoms with E-state index in [9.17, 15) is 8.42 Å². The Morgan fingerprint density at radius 3 is 2.37 bits per heavy atom. The Balaban J connectivity index is 0.000000289. The van der Waals surface area contributed by atoms with Gasteiger partial charge in [-0.25, -0.2) is 5.48 Å². The van der Waals surface area contributed by atoms with Gasteiger partial charge in [0.05, 0.1) is 22.7 Å². The van der Waals surface area contributed by atoms with Crippen LogP contribution >= 0.6 is 15.9 Å². The van der Waals surface area contributed by atoms with E-state index in [1.54, 1.807) is 30.8 Å². The van der Waals surface area contributed by atoms with Gasteiger partial charge in [0.2, 0.25) is 5.96 Å². The smallest absolute Gasteiger partial charge is 0.294 e. The lowest BCUT2D eigenvalue weighted by molar-refractivity contribution is 0.232. The number of halogens is 1. The van der Waals surface area contributed by atoms with Crippen LogP contribution in [-0.4, -0.2) is 37.5 Å². The summed E-state index contributed by atoms with van der Waals surface area (Å²) in [5.74, 6) is 0.556. The molecule has 11 heteroatoms. The van der Waals surface area contributed by atoms with Crippen molar-refractivity contribution < 1.29 is 22.9 Å². The summed E-state index contributed by atoms with van der Waals surface area (Å²) in [4.78, 5) is -0.0666. The predicted molar refractivity (Wildman–Crippen MR) is 106 cm³/mol. The number of hydrogen-bond acceptors (Lipinski definition) is 6. The molecule has 5 N–H and O–H groups in total. The molecule has 2 aromatic carbocycles. The van der Waals surface area contributed by atoms with Crippen LogP contribution in [0.5, 0.6) is 5.75 Å². The van der Waals surface area contributed by atoms with Crippen molar-refractivity contribution in [1.82, 2.24) is 5.48 Å². The molecule has 2 rings (SSSR count). The molecule has 0 fully saturated rings. The normalized spacial score (nSPS) is 11.7. The minimum Gasteiger partial charge on any atom is -0.496 e. The van der Waals surface area contributed by atoms with Crippen molar-refractivity contribution in [3.8, 4) is 5.75 Å². The first-order chi connectivity index (χ1) is 12.7. The number of nitrogens with two attached hydrogens (primary N) is 1. The molecule has 0 heterocycles. The summed E-state index contributed by atoms with van der Waals surface area (Å²) in [6.07, 6.45) is 1.49. The Kier molecular flexibility index (Phi) is 8.88. The van der Waals surface area contributed by atoms with Gasteiger partial charge in [-0.15, -0.1) is 5.10 Å². The lowest BCUT2D eigenvalue weighted by Crippen LogP contribution is -2.27. The van der Waals surface area contributed by atoms with Crippen LogP contribution in [0, 0.1) is 6.92 Å². The predicted octanol–water partition coefficient (Wildman–Crippen LogP) is 2.33. The van der Waals surface area contributed by atoms with Crippen LogP contribution in [0.3, 0.4) is 0 Å². The molecule has 146 valence electrons. The molecule has 0 unspecified atom stereocenters. The fourth-order valence-electron chi connectivity index (χ4n) is 1.65. The van der Waals surface area contributed by atoms with Crippen LogP contribution in [0.1, 0.15) is 11.1 Å². The van der Waals surface area contributed by atoms with Gasteiger partial charge in [0.15, 0.2) is 0 Å². The van der Waals surface area contributed by atoms with Gasteiger partial charge in [-0.1, -0.05) is 17.7 Å². The minimum atomic E-state index is -4.02. The summed E-state index contributed by atoms with van der Waals surface area (Å²) in [5, 5.41) is 15.5. The van der Waals surface area contributed by atoms with Crippen LogP contribution in [-0.2, 0) is 10.1 Å². The number of benzene rings is 2. The fourth-order valence-corrected chi connectivity index (χ4v) is 2.69. The summed E-state index contributed by atoms with van der Waals surface area (Å²) in [6, 6.07) is 11.4. The molecule has 2 aromatic rings. The average molecular weight is 459 g/mol. The zero-order chi connectivity index (χ0) is 20.4. The summed E-state index contributed by atoms with van der Waals surface area (Å²) >= 11 is 3.34. The van der Waals surface area contributed by atoms with Crippen LogP contribution in [0.2, 0.25) is 0 Å². The average Bonchev–Trinajstić information content (AvgIpc) is 2.62. The summed E-state index contributed by atoms with van der Waals surface area (Å²) in [7, 11) is -2.43. The highest BCUT2D eigenvalue weighted by Gasteiger charge is 2.06. The number of hydrogen-bond donors (Lipinski definition) is 4. The number of aryl methyl sites for hydroxylation is 1. The number of nitrogens with zero attached hydrogens (tertiary/aromatic N) is 2. The van der Waals surface area contributed by atoms with E-state index in [1.807, 2.05) is 19.1 Å². The molecule has 0 atom stereocenters. The van der Waals surface area contributed by atoms with Gasteiger partial charge in [-0.05, 0) is 58.7 Å². The molecular weight excluding hydrogens is 440 g/mol. The number of nitrogens with one attached hydrogen (secondary N) is 1. The van der Waals surface area contributed by atoms with Gasteiger partial charge in [0.1, 0.15) is 5.75 Å². The maximum atomic E-state index is 10.5. The molecule has 0 aliphatic rings. The van der Waals surface area contributed by atoms with Gasteiger partial charge in [-0.2, -0.15) is 13.5 Å². The van der Waals surface area contributed by atoms with Gasteiger partial charge >= 0.3 is 0 Å². The van der Waals surface area contributed by atoms with E-state index in [-0.39, 0.29) is 10.9 Å². The molecular formula is C16H19BrN4O5S. The molecule has 27 heavy (non-hydrogen) atoms. The third kappa shape index (κ3) is 8.17. The standard InChI is InChI=1S/C9H11BrN4O2.C7H8O3S/c1-16-8-3-2-6(4-7(8)10)5-12-13-9(11)14-15;1-6-2-4-7(5-3-6)11(8,9)10/h2-5,15H,1H3,(H3,11,13,14);2-5H,1H3,(H,8,9,10)/b12-5+;. The van der Waals surface area contributed by atoms with E-state index in [1.165, 1.54) is 18.3 Å². The van der Waals surface area contributed by atoms with Crippen LogP contribution in [0.15, 0.2) is 62.0 Å². The van der Waals surface area contributed by atoms with E-state index in [0.29, 0.717) is 0 Å². The first-order valence-electron chi connectivity index (χ1n) is 7.31. The molecule has 9 nitrogen and oxygen atoms in total. The van der Waals surface area contributed by atoms with Gasteiger partial charge in [0.25, 0.3) is 10.1 Å². The van der Waals surface area contributed by atoms with Crippen molar-refractivity contribution in [2.75, 3.05) is 7.11 Å². The fraction of sp³-hybridized carbons (Fsp3) is 0.125. The minimum absolute atomic E-state index is 0.0666. The molecule has 0 aliphatic carbocycles. The lowest BCUT2D eigenvalue weighted by atomic mass is 10.2. The summed E-state index contributed by atoms with van der Waals surface area (Å²) in [6.45, 7) is 1.84. The third-order valence-electron chi connectivity index (χ3n) is 2.98. The molecule has 0 aromatic heterocycles. The van der Waals surface area contributed by atoms with Crippen LogP contribution < -0.4 is 16.0 Å². The van der Waals surface area contributed by atoms with Gasteiger partial charge < -0.3 is 10.5 Å². The topological polar surface area (TPSA) is 147 Å². The molecule has 0 spiro atoms. The summed E-state index contributed by atoms with van der Waals surface area (Å²) in [5.41, 5.74) is 8.60. The lowest BCUT2D eigenvalue weighted by Gasteiger charge is -2.02. The Bertz CT molecular complexity index is 915. The summed E-state index contributed by atoms with van der Waals surface area (Å²) < 4.78 is 35.4. The number of ether oxygens (including phenoxy) is 1. The largest absolute Gasteiger partial charge is 0.496 e. The van der Waals surface area contributed by atoms with E-state index in [4.69, 9.17) is 20.2 Å². The van der Waals surface area contributed by atoms with E-state index in [2.05, 4.69) is 26.1 Å². The molecule has 0 bridgehead atoms. The quantitative estimate of drug-likeness (QED) is 0.238. The Hall–Kier alpha value is -2.47. The highest BCUT2D eigenvalue weighted by molar-refractivity contribution is 9.10. The van der Waals surface area contributed by atoms with Crippen molar-refractivity contribution in [2.45, 2.75) is 11.8 Å². The van der Waals surface area contributed by atoms with Crippen molar-refractivity contribution >= 4 is 38.2 Å². The maximum absolute atomic E-state index is 10.5. The monoisotopic (exact) mass is 458 g/mol. The number of hydroxylamine groups is 1. The molecule has 0 saturated carbocycles. The Labute approximate surface area is 165 Å². The Morgan fingerprint density at radius 1 is 1.26 bits per heavy atom. The first kappa shape index (κ1) is 22.6. The second kappa shape index (κ2) is 10.6. The zero-order valence-electron chi connectivity index (χ0n) is 14.5. The first-order valence-corrected chi connectivity index (χ1v) is 9.55.